The van der Waals surface area contributed by atoms with E-state index in [1.54, 1.807) is 26.8 Å². The Labute approximate surface area is 105 Å². The van der Waals surface area contributed by atoms with Crippen LogP contribution in [0, 0.1) is 5.82 Å². The van der Waals surface area contributed by atoms with Crippen molar-refractivity contribution in [2.24, 2.45) is 0 Å². The third kappa shape index (κ3) is 5.04. The maximum Gasteiger partial charge on any atom is 0.407 e. The lowest BCUT2D eigenvalue weighted by Crippen LogP contribution is -2.32. The van der Waals surface area contributed by atoms with Crippen molar-refractivity contribution in [3.05, 3.63) is 34.6 Å². The smallest absolute Gasteiger partial charge is 0.407 e. The van der Waals surface area contributed by atoms with Gasteiger partial charge in [-0.05, 0) is 32.9 Å². The zero-order chi connectivity index (χ0) is 13.1. The first kappa shape index (κ1) is 13.8. The topological polar surface area (TPSA) is 38.3 Å². The van der Waals surface area contributed by atoms with Crippen LogP contribution in [0.25, 0.3) is 0 Å². The Kier molecular flexibility index (Phi) is 4.34. The molecule has 0 aliphatic heterocycles. The molecule has 0 fully saturated rings. The molecule has 0 aromatic heterocycles. The van der Waals surface area contributed by atoms with Gasteiger partial charge in [-0.3, -0.25) is 0 Å². The molecule has 94 valence electrons. The summed E-state index contributed by atoms with van der Waals surface area (Å²) < 4.78 is 18.4. The molecule has 0 saturated carbocycles. The van der Waals surface area contributed by atoms with Crippen LogP contribution in [0.4, 0.5) is 9.18 Å². The molecule has 0 saturated heterocycles. The van der Waals surface area contributed by atoms with Crippen LogP contribution in [-0.4, -0.2) is 11.7 Å². The Balaban J connectivity index is 2.53. The molecule has 5 heteroatoms. The molecule has 0 unspecified atom stereocenters. The highest BCUT2D eigenvalue weighted by Gasteiger charge is 2.16. The van der Waals surface area contributed by atoms with Crippen LogP contribution in [0.1, 0.15) is 26.3 Å². The SMILES string of the molecule is CC(C)(C)OC(=O)NCc1ccc(Cl)cc1F. The second-order valence-corrected chi connectivity index (χ2v) is 5.03. The molecule has 0 aliphatic carbocycles. The lowest BCUT2D eigenvalue weighted by Gasteiger charge is -2.19. The summed E-state index contributed by atoms with van der Waals surface area (Å²) in [6.07, 6.45) is -0.577. The van der Waals surface area contributed by atoms with Crippen molar-refractivity contribution in [2.45, 2.75) is 32.9 Å². The van der Waals surface area contributed by atoms with E-state index in [2.05, 4.69) is 5.32 Å². The van der Waals surface area contributed by atoms with Gasteiger partial charge in [-0.1, -0.05) is 17.7 Å². The predicted octanol–water partition coefficient (Wildman–Crippen LogP) is 3.50. The number of nitrogens with one attached hydrogen (secondary N) is 1. The van der Waals surface area contributed by atoms with Crippen LogP contribution in [0.5, 0.6) is 0 Å². The number of ether oxygens (including phenoxy) is 1. The number of carbonyl (C=O) groups excluding carboxylic acids is 1. The molecule has 1 N–H and O–H groups in total. The van der Waals surface area contributed by atoms with Crippen molar-refractivity contribution < 1.29 is 13.9 Å². The van der Waals surface area contributed by atoms with Gasteiger partial charge in [0, 0.05) is 17.1 Å². The number of amides is 1. The third-order valence-electron chi connectivity index (χ3n) is 1.84. The monoisotopic (exact) mass is 259 g/mol. The van der Waals surface area contributed by atoms with Crippen molar-refractivity contribution in [2.75, 3.05) is 0 Å². The van der Waals surface area contributed by atoms with Crippen LogP contribution >= 0.6 is 11.6 Å². The molecule has 1 amide bonds. The van der Waals surface area contributed by atoms with Crippen LogP contribution in [0.3, 0.4) is 0 Å². The average molecular weight is 260 g/mol. The van der Waals surface area contributed by atoms with E-state index in [0.717, 1.165) is 0 Å². The van der Waals surface area contributed by atoms with Crippen molar-refractivity contribution in [1.82, 2.24) is 5.32 Å². The zero-order valence-corrected chi connectivity index (χ0v) is 10.8. The standard InChI is InChI=1S/C12H15ClFNO2/c1-12(2,3)17-11(16)15-7-8-4-5-9(13)6-10(8)14/h4-6H,7H2,1-3H3,(H,15,16). The minimum atomic E-state index is -0.577. The van der Waals surface area contributed by atoms with E-state index in [1.165, 1.54) is 12.1 Å². The van der Waals surface area contributed by atoms with Gasteiger partial charge in [0.1, 0.15) is 11.4 Å². The van der Waals surface area contributed by atoms with Gasteiger partial charge in [-0.2, -0.15) is 0 Å². The minimum Gasteiger partial charge on any atom is -0.444 e. The van der Waals surface area contributed by atoms with Gasteiger partial charge < -0.3 is 10.1 Å². The van der Waals surface area contributed by atoms with E-state index in [1.807, 2.05) is 0 Å². The number of benzene rings is 1. The first-order chi connectivity index (χ1) is 7.78. The molecule has 0 radical (unpaired) electrons. The number of halogens is 2. The van der Waals surface area contributed by atoms with E-state index < -0.39 is 17.5 Å². The Morgan fingerprint density at radius 3 is 2.65 bits per heavy atom. The number of alkyl carbamates (subject to hydrolysis) is 1. The molecule has 0 spiro atoms. The fraction of sp³-hybridized carbons (Fsp3) is 0.417. The first-order valence-corrected chi connectivity index (χ1v) is 5.56. The Bertz CT molecular complexity index is 415. The van der Waals surface area contributed by atoms with Crippen molar-refractivity contribution in [3.63, 3.8) is 0 Å². The number of hydrogen-bond donors (Lipinski definition) is 1. The highest BCUT2D eigenvalue weighted by Crippen LogP contribution is 2.14. The predicted molar refractivity (Wildman–Crippen MR) is 64.5 cm³/mol. The third-order valence-corrected chi connectivity index (χ3v) is 2.07. The van der Waals surface area contributed by atoms with E-state index in [-0.39, 0.29) is 6.54 Å². The van der Waals surface area contributed by atoms with Crippen molar-refractivity contribution >= 4 is 17.7 Å². The fourth-order valence-electron chi connectivity index (χ4n) is 1.15. The molecular formula is C12H15ClFNO2. The quantitative estimate of drug-likeness (QED) is 0.883. The Hall–Kier alpha value is -1.29. The van der Waals surface area contributed by atoms with E-state index in [4.69, 9.17) is 16.3 Å². The van der Waals surface area contributed by atoms with Gasteiger partial charge in [-0.15, -0.1) is 0 Å². The second-order valence-electron chi connectivity index (χ2n) is 4.59. The summed E-state index contributed by atoms with van der Waals surface area (Å²) in [6.45, 7) is 5.35. The maximum absolute atomic E-state index is 13.4. The van der Waals surface area contributed by atoms with Crippen molar-refractivity contribution in [3.8, 4) is 0 Å². The summed E-state index contributed by atoms with van der Waals surface area (Å²) in [4.78, 5) is 11.3. The molecule has 0 aliphatic rings. The van der Waals surface area contributed by atoms with E-state index in [0.29, 0.717) is 10.6 Å². The molecule has 3 nitrogen and oxygen atoms in total. The van der Waals surface area contributed by atoms with Crippen LogP contribution in [0.15, 0.2) is 18.2 Å². The van der Waals surface area contributed by atoms with E-state index in [9.17, 15) is 9.18 Å². The van der Waals surface area contributed by atoms with Gasteiger partial charge in [0.15, 0.2) is 0 Å². The number of rotatable bonds is 2. The Morgan fingerprint density at radius 1 is 1.47 bits per heavy atom. The summed E-state index contributed by atoms with van der Waals surface area (Å²) in [5.74, 6) is -0.450. The second kappa shape index (κ2) is 5.36. The molecule has 1 aromatic rings. The highest BCUT2D eigenvalue weighted by molar-refractivity contribution is 6.30. The van der Waals surface area contributed by atoms with Crippen LogP contribution < -0.4 is 5.32 Å². The molecular weight excluding hydrogens is 245 g/mol. The number of hydrogen-bond acceptors (Lipinski definition) is 2. The van der Waals surface area contributed by atoms with Gasteiger partial charge in [0.2, 0.25) is 0 Å². The first-order valence-electron chi connectivity index (χ1n) is 5.19. The maximum atomic E-state index is 13.4. The summed E-state index contributed by atoms with van der Waals surface area (Å²) in [7, 11) is 0. The normalized spacial score (nSPS) is 11.1. The average Bonchev–Trinajstić information content (AvgIpc) is 2.13. The summed E-state index contributed by atoms with van der Waals surface area (Å²) in [5.41, 5.74) is -0.205. The molecule has 0 bridgehead atoms. The molecule has 1 rings (SSSR count). The molecule has 1 aromatic carbocycles. The molecule has 0 heterocycles. The summed E-state index contributed by atoms with van der Waals surface area (Å²) in [5, 5.41) is 2.79. The zero-order valence-electron chi connectivity index (χ0n) is 10.0. The summed E-state index contributed by atoms with van der Waals surface area (Å²) in [6, 6.07) is 4.29. The largest absolute Gasteiger partial charge is 0.444 e. The Morgan fingerprint density at radius 2 is 2.12 bits per heavy atom. The van der Waals surface area contributed by atoms with E-state index >= 15 is 0 Å². The molecule has 0 atom stereocenters. The lowest BCUT2D eigenvalue weighted by molar-refractivity contribution is 0.0523. The van der Waals surface area contributed by atoms with Crippen LogP contribution in [-0.2, 0) is 11.3 Å². The van der Waals surface area contributed by atoms with Gasteiger partial charge in [0.25, 0.3) is 0 Å². The van der Waals surface area contributed by atoms with Crippen molar-refractivity contribution in [1.29, 1.82) is 0 Å². The number of carbonyl (C=O) groups is 1. The summed E-state index contributed by atoms with van der Waals surface area (Å²) >= 11 is 5.61. The highest BCUT2D eigenvalue weighted by atomic mass is 35.5. The fourth-order valence-corrected chi connectivity index (χ4v) is 1.31. The van der Waals surface area contributed by atoms with Gasteiger partial charge in [0.05, 0.1) is 0 Å². The minimum absolute atomic E-state index is 0.0674. The van der Waals surface area contributed by atoms with Gasteiger partial charge >= 0.3 is 6.09 Å². The molecule has 17 heavy (non-hydrogen) atoms. The van der Waals surface area contributed by atoms with Crippen LogP contribution in [0.2, 0.25) is 5.02 Å². The van der Waals surface area contributed by atoms with Gasteiger partial charge in [-0.25, -0.2) is 9.18 Å². The lowest BCUT2D eigenvalue weighted by atomic mass is 10.2.